The second kappa shape index (κ2) is 10.00. The Morgan fingerprint density at radius 1 is 1.13 bits per heavy atom. The number of carbonyl (C=O) groups is 3. The predicted molar refractivity (Wildman–Crippen MR) is 119 cm³/mol. The minimum atomic E-state index is -0.483. The van der Waals surface area contributed by atoms with E-state index >= 15 is 0 Å². The van der Waals surface area contributed by atoms with Crippen LogP contribution >= 0.6 is 0 Å². The summed E-state index contributed by atoms with van der Waals surface area (Å²) >= 11 is 0. The lowest BCUT2D eigenvalue weighted by atomic mass is 10.1. The van der Waals surface area contributed by atoms with Crippen molar-refractivity contribution in [2.24, 2.45) is 0 Å². The summed E-state index contributed by atoms with van der Waals surface area (Å²) in [6.45, 7) is 10.6. The molecule has 2 aliphatic heterocycles. The monoisotopic (exact) mass is 431 g/mol. The molecule has 1 atom stereocenters. The van der Waals surface area contributed by atoms with Gasteiger partial charge >= 0.3 is 6.09 Å². The van der Waals surface area contributed by atoms with Crippen molar-refractivity contribution < 1.29 is 19.1 Å². The third-order valence-electron chi connectivity index (χ3n) is 5.28. The molecule has 2 saturated heterocycles. The number of rotatable bonds is 6. The molecule has 0 bridgehead atoms. The van der Waals surface area contributed by atoms with Crippen molar-refractivity contribution in [1.29, 1.82) is 0 Å². The Morgan fingerprint density at radius 3 is 2.42 bits per heavy atom. The molecule has 1 aromatic rings. The van der Waals surface area contributed by atoms with E-state index in [2.05, 4.69) is 25.8 Å². The fraction of sp³-hybridized carbons (Fsp3) is 0.591. The molecule has 9 nitrogen and oxygen atoms in total. The molecule has 170 valence electrons. The van der Waals surface area contributed by atoms with Crippen molar-refractivity contribution in [1.82, 2.24) is 15.5 Å². The molecule has 1 unspecified atom stereocenters. The number of anilines is 2. The molecular weight excluding hydrogens is 398 g/mol. The lowest BCUT2D eigenvalue weighted by Crippen LogP contribution is -2.48. The van der Waals surface area contributed by atoms with Crippen molar-refractivity contribution in [3.63, 3.8) is 0 Å². The number of piperidine rings is 1. The summed E-state index contributed by atoms with van der Waals surface area (Å²) in [5.74, 6) is -0.476. The number of nitrogens with zero attached hydrogens (tertiary/aromatic N) is 2. The highest BCUT2D eigenvalue weighted by atomic mass is 16.6. The van der Waals surface area contributed by atoms with Gasteiger partial charge < -0.3 is 20.3 Å². The molecule has 0 radical (unpaired) electrons. The summed E-state index contributed by atoms with van der Waals surface area (Å²) < 4.78 is 5.25. The van der Waals surface area contributed by atoms with Crippen molar-refractivity contribution in [3.05, 3.63) is 24.3 Å². The number of imide groups is 1. The van der Waals surface area contributed by atoms with Gasteiger partial charge in [0, 0.05) is 57.1 Å². The van der Waals surface area contributed by atoms with Gasteiger partial charge in [-0.15, -0.1) is 0 Å². The average molecular weight is 432 g/mol. The van der Waals surface area contributed by atoms with Crippen LogP contribution in [-0.2, 0) is 14.3 Å². The van der Waals surface area contributed by atoms with E-state index in [1.54, 1.807) is 0 Å². The second-order valence-corrected chi connectivity index (χ2v) is 8.95. The lowest BCUT2D eigenvalue weighted by molar-refractivity contribution is -0.133. The summed E-state index contributed by atoms with van der Waals surface area (Å²) in [6.07, 6.45) is 0.494. The molecular formula is C22H33N5O4. The fourth-order valence-electron chi connectivity index (χ4n) is 3.66. The number of nitrogens with one attached hydrogen (secondary N) is 3. The first-order chi connectivity index (χ1) is 14.7. The molecule has 2 aliphatic rings. The Bertz CT molecular complexity index is 782. The van der Waals surface area contributed by atoms with Crippen LogP contribution < -0.4 is 20.9 Å². The zero-order valence-electron chi connectivity index (χ0n) is 18.6. The number of benzene rings is 1. The Hall–Kier alpha value is -2.81. The Balaban J connectivity index is 1.39. The minimum absolute atomic E-state index is 0.210. The highest BCUT2D eigenvalue weighted by molar-refractivity contribution is 6.01. The first kappa shape index (κ1) is 22.9. The SMILES string of the molecule is CC(C)(C)OC(=O)NCCN1CCN(c2ccc(NC3CCC(=O)NC3=O)cc2)CC1. The summed E-state index contributed by atoms with van der Waals surface area (Å²) in [6, 6.07) is 7.66. The van der Waals surface area contributed by atoms with Gasteiger partial charge in [0.05, 0.1) is 0 Å². The normalized spacial score (nSPS) is 20.2. The summed E-state index contributed by atoms with van der Waals surface area (Å²) in [7, 11) is 0. The standard InChI is InChI=1S/C22H33N5O4/c1-22(2,3)31-21(30)23-10-11-26-12-14-27(15-13-26)17-6-4-16(5-7-17)24-18-8-9-19(28)25-20(18)29/h4-7,18,24H,8-15H2,1-3H3,(H,23,30)(H,25,28,29). The van der Waals surface area contributed by atoms with Gasteiger partial charge in [-0.3, -0.25) is 19.8 Å². The van der Waals surface area contributed by atoms with E-state index in [0.717, 1.165) is 44.1 Å². The molecule has 1 aromatic carbocycles. The van der Waals surface area contributed by atoms with E-state index in [9.17, 15) is 14.4 Å². The number of hydrogen-bond acceptors (Lipinski definition) is 7. The first-order valence-corrected chi connectivity index (χ1v) is 10.8. The van der Waals surface area contributed by atoms with Crippen LogP contribution in [0.2, 0.25) is 0 Å². The molecule has 0 spiro atoms. The van der Waals surface area contributed by atoms with E-state index in [0.29, 0.717) is 19.4 Å². The van der Waals surface area contributed by atoms with Crippen molar-refractivity contribution in [3.8, 4) is 0 Å². The zero-order chi connectivity index (χ0) is 22.4. The Morgan fingerprint density at radius 2 is 1.81 bits per heavy atom. The summed E-state index contributed by atoms with van der Waals surface area (Å²) in [4.78, 5) is 39.5. The van der Waals surface area contributed by atoms with E-state index < -0.39 is 5.60 Å². The van der Waals surface area contributed by atoms with E-state index in [4.69, 9.17) is 4.74 Å². The van der Waals surface area contributed by atoms with Crippen LogP contribution in [0.3, 0.4) is 0 Å². The van der Waals surface area contributed by atoms with Gasteiger partial charge in [-0.25, -0.2) is 4.79 Å². The quantitative estimate of drug-likeness (QED) is 0.587. The average Bonchev–Trinajstić information content (AvgIpc) is 2.70. The number of alkyl carbamates (subject to hydrolysis) is 1. The molecule has 2 heterocycles. The first-order valence-electron chi connectivity index (χ1n) is 10.8. The molecule has 3 rings (SSSR count). The van der Waals surface area contributed by atoms with Crippen molar-refractivity contribution in [2.45, 2.75) is 45.3 Å². The third-order valence-corrected chi connectivity index (χ3v) is 5.28. The van der Waals surface area contributed by atoms with Crippen LogP contribution in [0.15, 0.2) is 24.3 Å². The molecule has 2 fully saturated rings. The van der Waals surface area contributed by atoms with Gasteiger partial charge in [0.25, 0.3) is 0 Å². The minimum Gasteiger partial charge on any atom is -0.444 e. The van der Waals surface area contributed by atoms with E-state index in [1.165, 1.54) is 0 Å². The molecule has 31 heavy (non-hydrogen) atoms. The van der Waals surface area contributed by atoms with Gasteiger partial charge in [0.1, 0.15) is 11.6 Å². The highest BCUT2D eigenvalue weighted by Gasteiger charge is 2.26. The smallest absolute Gasteiger partial charge is 0.407 e. The maximum Gasteiger partial charge on any atom is 0.407 e. The maximum atomic E-state index is 11.9. The number of hydrogen-bond donors (Lipinski definition) is 3. The van der Waals surface area contributed by atoms with Gasteiger partial charge in [-0.05, 0) is 51.5 Å². The van der Waals surface area contributed by atoms with E-state index in [-0.39, 0.29) is 23.9 Å². The van der Waals surface area contributed by atoms with E-state index in [1.807, 2.05) is 45.0 Å². The van der Waals surface area contributed by atoms with Crippen LogP contribution in [-0.4, -0.2) is 73.7 Å². The zero-order valence-corrected chi connectivity index (χ0v) is 18.6. The Labute approximate surface area is 183 Å². The van der Waals surface area contributed by atoms with Crippen molar-refractivity contribution in [2.75, 3.05) is 49.5 Å². The second-order valence-electron chi connectivity index (χ2n) is 8.95. The third kappa shape index (κ3) is 7.13. The van der Waals surface area contributed by atoms with Gasteiger partial charge in [0.2, 0.25) is 11.8 Å². The summed E-state index contributed by atoms with van der Waals surface area (Å²) in [5.41, 5.74) is 1.52. The van der Waals surface area contributed by atoms with Gasteiger partial charge in [-0.1, -0.05) is 0 Å². The largest absolute Gasteiger partial charge is 0.444 e. The molecule has 9 heteroatoms. The van der Waals surface area contributed by atoms with Crippen LogP contribution in [0.1, 0.15) is 33.6 Å². The molecule has 3 amide bonds. The number of amides is 3. The molecule has 0 aromatic heterocycles. The van der Waals surface area contributed by atoms with Crippen LogP contribution in [0.25, 0.3) is 0 Å². The molecule has 0 saturated carbocycles. The lowest BCUT2D eigenvalue weighted by Gasteiger charge is -2.36. The number of ether oxygens (including phenoxy) is 1. The van der Waals surface area contributed by atoms with Crippen LogP contribution in [0, 0.1) is 0 Å². The van der Waals surface area contributed by atoms with Gasteiger partial charge in [-0.2, -0.15) is 0 Å². The Kier molecular flexibility index (Phi) is 7.37. The van der Waals surface area contributed by atoms with Crippen LogP contribution in [0.4, 0.5) is 16.2 Å². The highest BCUT2D eigenvalue weighted by Crippen LogP contribution is 2.21. The molecule has 0 aliphatic carbocycles. The van der Waals surface area contributed by atoms with Crippen molar-refractivity contribution >= 4 is 29.3 Å². The number of carbonyl (C=O) groups excluding carboxylic acids is 3. The fourth-order valence-corrected chi connectivity index (χ4v) is 3.66. The molecule has 3 N–H and O–H groups in total. The predicted octanol–water partition coefficient (Wildman–Crippen LogP) is 1.55. The number of piperazine rings is 1. The van der Waals surface area contributed by atoms with Gasteiger partial charge in [0.15, 0.2) is 0 Å². The maximum absolute atomic E-state index is 11.9. The topological polar surface area (TPSA) is 103 Å². The summed E-state index contributed by atoms with van der Waals surface area (Å²) in [5, 5.41) is 8.37. The van der Waals surface area contributed by atoms with Crippen LogP contribution in [0.5, 0.6) is 0 Å².